The first-order valence-electron chi connectivity index (χ1n) is 10.3. The number of benzene rings is 1. The third kappa shape index (κ3) is 8.17. The van der Waals surface area contributed by atoms with E-state index >= 15 is 0 Å². The van der Waals surface area contributed by atoms with E-state index in [1.54, 1.807) is 26.1 Å². The fraction of sp³-hybridized carbons (Fsp3) is 0.619. The van der Waals surface area contributed by atoms with Crippen molar-refractivity contribution in [3.63, 3.8) is 0 Å². The topological polar surface area (TPSA) is 69.6 Å². The first-order valence-corrected chi connectivity index (χ1v) is 10.3. The Kier molecular flexibility index (Phi) is 12.5. The molecule has 1 aliphatic rings. The van der Waals surface area contributed by atoms with Gasteiger partial charge in [-0.05, 0) is 25.5 Å². The molecule has 1 fully saturated rings. The molecule has 1 aliphatic heterocycles. The average molecular weight is 533 g/mol. The number of para-hydroxylation sites is 2. The number of piperazine rings is 1. The van der Waals surface area contributed by atoms with Gasteiger partial charge >= 0.3 is 0 Å². The number of methoxy groups -OCH3 is 1. The van der Waals surface area contributed by atoms with E-state index in [4.69, 9.17) is 9.47 Å². The summed E-state index contributed by atoms with van der Waals surface area (Å²) in [4.78, 5) is 22.7. The zero-order valence-electron chi connectivity index (χ0n) is 18.6. The third-order valence-electron chi connectivity index (χ3n) is 4.82. The van der Waals surface area contributed by atoms with Crippen LogP contribution in [0.5, 0.6) is 5.75 Å². The lowest BCUT2D eigenvalue weighted by molar-refractivity contribution is -0.127. The van der Waals surface area contributed by atoms with E-state index in [9.17, 15) is 4.79 Å². The summed E-state index contributed by atoms with van der Waals surface area (Å²) in [6, 6.07) is 8.09. The van der Waals surface area contributed by atoms with Gasteiger partial charge in [-0.2, -0.15) is 0 Å². The van der Waals surface area contributed by atoms with E-state index in [0.29, 0.717) is 0 Å². The highest BCUT2D eigenvalue weighted by Crippen LogP contribution is 2.28. The normalized spacial score (nSPS) is 14.2. The Morgan fingerprint density at radius 3 is 2.53 bits per heavy atom. The van der Waals surface area contributed by atoms with Crippen LogP contribution in [-0.2, 0) is 9.53 Å². The minimum absolute atomic E-state index is 0. The summed E-state index contributed by atoms with van der Waals surface area (Å²) in [6.45, 7) is 7.72. The lowest BCUT2D eigenvalue weighted by Crippen LogP contribution is -2.53. The van der Waals surface area contributed by atoms with Gasteiger partial charge in [-0.25, -0.2) is 4.99 Å². The van der Waals surface area contributed by atoms with Crippen molar-refractivity contribution >= 4 is 41.5 Å². The summed E-state index contributed by atoms with van der Waals surface area (Å²) in [7, 11) is 5.20. The van der Waals surface area contributed by atoms with Gasteiger partial charge in [0, 0.05) is 60.0 Å². The van der Waals surface area contributed by atoms with Crippen molar-refractivity contribution in [2.45, 2.75) is 13.3 Å². The molecule has 0 aliphatic carbocycles. The maximum atomic E-state index is 12.0. The van der Waals surface area contributed by atoms with Gasteiger partial charge in [0.2, 0.25) is 5.91 Å². The first-order chi connectivity index (χ1) is 14.1. The molecule has 1 N–H and O–H groups in total. The molecule has 1 heterocycles. The molecule has 0 unspecified atom stereocenters. The number of aliphatic imine (C=N–C) groups is 1. The minimum atomic E-state index is -0.00808. The predicted octanol–water partition coefficient (Wildman–Crippen LogP) is 1.90. The van der Waals surface area contributed by atoms with Gasteiger partial charge in [0.1, 0.15) is 12.3 Å². The number of nitrogens with zero attached hydrogens (tertiary/aromatic N) is 4. The lowest BCUT2D eigenvalue weighted by atomic mass is 10.2. The zero-order chi connectivity index (χ0) is 21.1. The predicted molar refractivity (Wildman–Crippen MR) is 132 cm³/mol. The van der Waals surface area contributed by atoms with Crippen molar-refractivity contribution in [1.29, 1.82) is 0 Å². The van der Waals surface area contributed by atoms with Gasteiger partial charge < -0.3 is 29.5 Å². The molecule has 0 aromatic heterocycles. The number of ether oxygens (including phenoxy) is 2. The van der Waals surface area contributed by atoms with Gasteiger partial charge in [0.15, 0.2) is 5.96 Å². The Bertz CT molecular complexity index is 664. The molecule has 1 saturated heterocycles. The molecule has 0 spiro atoms. The second-order valence-electron chi connectivity index (χ2n) is 7.05. The third-order valence-corrected chi connectivity index (χ3v) is 4.82. The van der Waals surface area contributed by atoms with Crippen LogP contribution < -0.4 is 15.0 Å². The summed E-state index contributed by atoms with van der Waals surface area (Å²) >= 11 is 0. The molecule has 30 heavy (non-hydrogen) atoms. The van der Waals surface area contributed by atoms with Crippen LogP contribution in [-0.4, -0.2) is 95.4 Å². The SMILES string of the molecule is CCOCCCNC(=NCC(=O)N(C)C)N1CCN(c2ccccc2OC)CC1.I. The van der Waals surface area contributed by atoms with Crippen LogP contribution in [0.3, 0.4) is 0 Å². The highest BCUT2D eigenvalue weighted by molar-refractivity contribution is 14.0. The van der Waals surface area contributed by atoms with E-state index in [-0.39, 0.29) is 36.4 Å². The first kappa shape index (κ1) is 26.3. The fourth-order valence-corrected chi connectivity index (χ4v) is 3.12. The molecular formula is C21H36IN5O3. The van der Waals surface area contributed by atoms with E-state index in [0.717, 1.165) is 69.8 Å². The Morgan fingerprint density at radius 1 is 1.20 bits per heavy atom. The van der Waals surface area contributed by atoms with E-state index in [2.05, 4.69) is 26.2 Å². The summed E-state index contributed by atoms with van der Waals surface area (Å²) < 4.78 is 10.9. The van der Waals surface area contributed by atoms with Crippen LogP contribution in [0.4, 0.5) is 5.69 Å². The van der Waals surface area contributed by atoms with Crippen molar-refractivity contribution in [2.24, 2.45) is 4.99 Å². The van der Waals surface area contributed by atoms with Crippen LogP contribution in [0.1, 0.15) is 13.3 Å². The maximum Gasteiger partial charge on any atom is 0.243 e. The number of guanidine groups is 1. The van der Waals surface area contributed by atoms with E-state index in [1.807, 2.05) is 25.1 Å². The van der Waals surface area contributed by atoms with Crippen LogP contribution >= 0.6 is 24.0 Å². The summed E-state index contributed by atoms with van der Waals surface area (Å²) in [5.41, 5.74) is 1.11. The van der Waals surface area contributed by atoms with Crippen molar-refractivity contribution in [3.05, 3.63) is 24.3 Å². The number of nitrogens with one attached hydrogen (secondary N) is 1. The standard InChI is InChI=1S/C21H35N5O3.HI/c1-5-29-16-8-11-22-21(23-17-20(27)24(2)3)26-14-12-25(13-15-26)18-9-6-7-10-19(18)28-4;/h6-7,9-10H,5,8,11-17H2,1-4H3,(H,22,23);1H. The number of anilines is 1. The number of carbonyl (C=O) groups excluding carboxylic acids is 1. The Morgan fingerprint density at radius 2 is 1.90 bits per heavy atom. The second-order valence-corrected chi connectivity index (χ2v) is 7.05. The molecule has 9 heteroatoms. The van der Waals surface area contributed by atoms with Crippen LogP contribution in [0.25, 0.3) is 0 Å². The van der Waals surface area contributed by atoms with Crippen LogP contribution in [0.15, 0.2) is 29.3 Å². The number of carbonyl (C=O) groups is 1. The molecule has 170 valence electrons. The van der Waals surface area contributed by atoms with Crippen molar-refractivity contribution in [1.82, 2.24) is 15.1 Å². The maximum absolute atomic E-state index is 12.0. The van der Waals surface area contributed by atoms with Gasteiger partial charge in [0.25, 0.3) is 0 Å². The quantitative estimate of drug-likeness (QED) is 0.227. The number of halogens is 1. The fourth-order valence-electron chi connectivity index (χ4n) is 3.12. The average Bonchev–Trinajstić information content (AvgIpc) is 2.75. The molecule has 0 radical (unpaired) electrons. The molecule has 0 atom stereocenters. The Balaban J connectivity index is 0.00000450. The van der Waals surface area contributed by atoms with Gasteiger partial charge in [0.05, 0.1) is 12.8 Å². The number of hydrogen-bond acceptors (Lipinski definition) is 5. The summed E-state index contributed by atoms with van der Waals surface area (Å²) in [5, 5.41) is 3.40. The molecule has 0 bridgehead atoms. The summed E-state index contributed by atoms with van der Waals surface area (Å²) in [5.74, 6) is 1.67. The molecule has 2 rings (SSSR count). The van der Waals surface area contributed by atoms with Crippen molar-refractivity contribution < 1.29 is 14.3 Å². The van der Waals surface area contributed by atoms with Gasteiger partial charge in [-0.3, -0.25) is 4.79 Å². The van der Waals surface area contributed by atoms with Gasteiger partial charge in [-0.1, -0.05) is 12.1 Å². The molecular weight excluding hydrogens is 497 g/mol. The highest BCUT2D eigenvalue weighted by atomic mass is 127. The minimum Gasteiger partial charge on any atom is -0.495 e. The molecule has 1 aromatic rings. The van der Waals surface area contributed by atoms with E-state index < -0.39 is 0 Å². The number of amides is 1. The van der Waals surface area contributed by atoms with Crippen LogP contribution in [0.2, 0.25) is 0 Å². The second kappa shape index (κ2) is 14.3. The van der Waals surface area contributed by atoms with E-state index in [1.165, 1.54) is 0 Å². The Labute approximate surface area is 197 Å². The lowest BCUT2D eigenvalue weighted by Gasteiger charge is -2.38. The Hall–Kier alpha value is -1.75. The van der Waals surface area contributed by atoms with Crippen molar-refractivity contribution in [2.75, 3.05) is 78.6 Å². The molecule has 1 amide bonds. The molecule has 8 nitrogen and oxygen atoms in total. The van der Waals surface area contributed by atoms with Crippen molar-refractivity contribution in [3.8, 4) is 5.75 Å². The number of rotatable bonds is 9. The monoisotopic (exact) mass is 533 g/mol. The smallest absolute Gasteiger partial charge is 0.243 e. The molecule has 1 aromatic carbocycles. The summed E-state index contributed by atoms with van der Waals surface area (Å²) in [6.07, 6.45) is 0.898. The van der Waals surface area contributed by atoms with Crippen LogP contribution in [0, 0.1) is 0 Å². The zero-order valence-corrected chi connectivity index (χ0v) is 20.9. The molecule has 0 saturated carbocycles. The largest absolute Gasteiger partial charge is 0.495 e. The number of likely N-dealkylation sites (N-methyl/N-ethyl adjacent to an activating group) is 1. The highest BCUT2D eigenvalue weighted by Gasteiger charge is 2.22. The number of hydrogen-bond donors (Lipinski definition) is 1. The van der Waals surface area contributed by atoms with Gasteiger partial charge in [-0.15, -0.1) is 24.0 Å².